The van der Waals surface area contributed by atoms with Gasteiger partial charge in [-0.05, 0) is 44.0 Å². The molecule has 0 radical (unpaired) electrons. The standard InChI is InChI=1S/C18H17F3N2O3/c1-10(23-16(25)13-4-2-3-5-14(13)17(23)26)15(24)22-12-8-6-11(7-9-12)18(19,20)21/h2-3,6-10,13-14H,4-5H2,1H3,(H,22,24)/t10-,13-,14+/m0/s1. The molecule has 3 amide bonds. The molecule has 2 aliphatic rings. The van der Waals surface area contributed by atoms with Crippen LogP contribution in [0.5, 0.6) is 0 Å². The fourth-order valence-corrected chi connectivity index (χ4v) is 3.31. The largest absolute Gasteiger partial charge is 0.416 e. The van der Waals surface area contributed by atoms with Gasteiger partial charge in [-0.1, -0.05) is 12.2 Å². The third-order valence-corrected chi connectivity index (χ3v) is 4.79. The number of likely N-dealkylation sites (tertiary alicyclic amines) is 1. The molecule has 1 aliphatic heterocycles. The van der Waals surface area contributed by atoms with Crippen molar-refractivity contribution in [2.24, 2.45) is 11.8 Å². The van der Waals surface area contributed by atoms with Crippen molar-refractivity contribution in [1.29, 1.82) is 0 Å². The third-order valence-electron chi connectivity index (χ3n) is 4.79. The maximum atomic E-state index is 12.6. The topological polar surface area (TPSA) is 66.5 Å². The number of halogens is 3. The van der Waals surface area contributed by atoms with E-state index in [4.69, 9.17) is 0 Å². The quantitative estimate of drug-likeness (QED) is 0.661. The molecule has 1 aliphatic carbocycles. The lowest BCUT2D eigenvalue weighted by molar-refractivity contribution is -0.146. The van der Waals surface area contributed by atoms with Gasteiger partial charge in [0.2, 0.25) is 17.7 Å². The van der Waals surface area contributed by atoms with E-state index < -0.39 is 35.5 Å². The molecule has 3 atom stereocenters. The molecule has 3 rings (SSSR count). The third kappa shape index (κ3) is 3.23. The molecule has 0 saturated carbocycles. The van der Waals surface area contributed by atoms with Gasteiger partial charge in [0.25, 0.3) is 0 Å². The SMILES string of the molecule is C[C@@H](C(=O)Nc1ccc(C(F)(F)F)cc1)N1C(=O)[C@H]2CC=CC[C@H]2C1=O. The Hall–Kier alpha value is -2.64. The Morgan fingerprint density at radius 2 is 1.58 bits per heavy atom. The summed E-state index contributed by atoms with van der Waals surface area (Å²) in [5.41, 5.74) is -0.668. The lowest BCUT2D eigenvalue weighted by Crippen LogP contribution is -2.46. The molecular formula is C18H17F3N2O3. The summed E-state index contributed by atoms with van der Waals surface area (Å²) in [5, 5.41) is 2.45. The monoisotopic (exact) mass is 366 g/mol. The van der Waals surface area contributed by atoms with E-state index in [1.165, 1.54) is 6.92 Å². The Balaban J connectivity index is 1.70. The van der Waals surface area contributed by atoms with Gasteiger partial charge in [0.05, 0.1) is 17.4 Å². The van der Waals surface area contributed by atoms with E-state index >= 15 is 0 Å². The van der Waals surface area contributed by atoms with E-state index in [2.05, 4.69) is 5.32 Å². The van der Waals surface area contributed by atoms with Gasteiger partial charge < -0.3 is 5.32 Å². The predicted molar refractivity (Wildman–Crippen MR) is 86.7 cm³/mol. The summed E-state index contributed by atoms with van der Waals surface area (Å²) >= 11 is 0. The van der Waals surface area contributed by atoms with Gasteiger partial charge in [0, 0.05) is 5.69 Å². The van der Waals surface area contributed by atoms with Crippen LogP contribution in [0.2, 0.25) is 0 Å². The minimum Gasteiger partial charge on any atom is -0.324 e. The van der Waals surface area contributed by atoms with Crippen molar-refractivity contribution in [3.05, 3.63) is 42.0 Å². The molecule has 1 fully saturated rings. The van der Waals surface area contributed by atoms with Crippen LogP contribution in [0.15, 0.2) is 36.4 Å². The highest BCUT2D eigenvalue weighted by molar-refractivity contribution is 6.10. The summed E-state index contributed by atoms with van der Waals surface area (Å²) in [6.07, 6.45) is 0.179. The van der Waals surface area contributed by atoms with Crippen LogP contribution in [-0.2, 0) is 20.6 Å². The molecule has 1 aromatic carbocycles. The Bertz CT molecular complexity index is 745. The van der Waals surface area contributed by atoms with E-state index in [1.54, 1.807) is 0 Å². The summed E-state index contributed by atoms with van der Waals surface area (Å²) in [4.78, 5) is 38.3. The average Bonchev–Trinajstić information content (AvgIpc) is 2.85. The molecule has 1 N–H and O–H groups in total. The number of fused-ring (bicyclic) bond motifs is 1. The predicted octanol–water partition coefficient (Wildman–Crippen LogP) is 2.98. The van der Waals surface area contributed by atoms with Crippen LogP contribution >= 0.6 is 0 Å². The zero-order chi connectivity index (χ0) is 19.1. The summed E-state index contributed by atoms with van der Waals surface area (Å²) in [5.74, 6) is -2.25. The highest BCUT2D eigenvalue weighted by atomic mass is 19.4. The van der Waals surface area contributed by atoms with Gasteiger partial charge >= 0.3 is 6.18 Å². The van der Waals surface area contributed by atoms with Gasteiger partial charge in [-0.3, -0.25) is 19.3 Å². The van der Waals surface area contributed by atoms with Crippen LogP contribution in [-0.4, -0.2) is 28.7 Å². The van der Waals surface area contributed by atoms with E-state index in [0.717, 1.165) is 29.2 Å². The maximum absolute atomic E-state index is 12.6. The van der Waals surface area contributed by atoms with Gasteiger partial charge in [-0.15, -0.1) is 0 Å². The fourth-order valence-electron chi connectivity index (χ4n) is 3.31. The first kappa shape index (κ1) is 18.2. The average molecular weight is 366 g/mol. The number of hydrogen-bond donors (Lipinski definition) is 1. The van der Waals surface area contributed by atoms with E-state index in [1.807, 2.05) is 12.2 Å². The van der Waals surface area contributed by atoms with Crippen molar-refractivity contribution in [3.63, 3.8) is 0 Å². The first-order chi connectivity index (χ1) is 12.2. The van der Waals surface area contributed by atoms with Crippen molar-refractivity contribution >= 4 is 23.4 Å². The smallest absolute Gasteiger partial charge is 0.324 e. The van der Waals surface area contributed by atoms with Gasteiger partial charge in [-0.25, -0.2) is 0 Å². The Morgan fingerprint density at radius 1 is 1.08 bits per heavy atom. The molecule has 0 unspecified atom stereocenters. The Kier molecular flexibility index (Phi) is 4.60. The number of imide groups is 1. The number of carbonyl (C=O) groups is 3. The van der Waals surface area contributed by atoms with Gasteiger partial charge in [-0.2, -0.15) is 13.2 Å². The number of anilines is 1. The van der Waals surface area contributed by atoms with Crippen molar-refractivity contribution in [2.75, 3.05) is 5.32 Å². The van der Waals surface area contributed by atoms with E-state index in [9.17, 15) is 27.6 Å². The number of amides is 3. The fraction of sp³-hybridized carbons (Fsp3) is 0.389. The van der Waals surface area contributed by atoms with Crippen molar-refractivity contribution in [3.8, 4) is 0 Å². The molecule has 138 valence electrons. The second-order valence-corrected chi connectivity index (χ2v) is 6.44. The molecule has 26 heavy (non-hydrogen) atoms. The summed E-state index contributed by atoms with van der Waals surface area (Å²) < 4.78 is 37.7. The molecule has 0 bridgehead atoms. The highest BCUT2D eigenvalue weighted by Gasteiger charge is 2.50. The summed E-state index contributed by atoms with van der Waals surface area (Å²) in [7, 11) is 0. The second kappa shape index (κ2) is 6.59. The molecule has 0 aromatic heterocycles. The van der Waals surface area contributed by atoms with E-state index in [0.29, 0.717) is 12.8 Å². The first-order valence-corrected chi connectivity index (χ1v) is 8.20. The lowest BCUT2D eigenvalue weighted by atomic mass is 9.85. The second-order valence-electron chi connectivity index (χ2n) is 6.44. The molecular weight excluding hydrogens is 349 g/mol. The molecule has 1 heterocycles. The zero-order valence-electron chi connectivity index (χ0n) is 13.9. The van der Waals surface area contributed by atoms with Crippen molar-refractivity contribution in [1.82, 2.24) is 4.90 Å². The van der Waals surface area contributed by atoms with Gasteiger partial charge in [0.15, 0.2) is 0 Å². The van der Waals surface area contributed by atoms with Crippen LogP contribution in [0.3, 0.4) is 0 Å². The Morgan fingerprint density at radius 3 is 2.04 bits per heavy atom. The molecule has 0 spiro atoms. The number of hydrogen-bond acceptors (Lipinski definition) is 3. The van der Waals surface area contributed by atoms with Crippen LogP contribution in [0.4, 0.5) is 18.9 Å². The Labute approximate surface area is 147 Å². The molecule has 1 saturated heterocycles. The van der Waals surface area contributed by atoms with Crippen LogP contribution in [0.1, 0.15) is 25.3 Å². The normalized spacial score (nSPS) is 23.8. The lowest BCUT2D eigenvalue weighted by Gasteiger charge is -2.22. The molecule has 8 heteroatoms. The number of carbonyl (C=O) groups excluding carboxylic acids is 3. The number of benzene rings is 1. The number of rotatable bonds is 3. The number of allylic oxidation sites excluding steroid dienone is 2. The minimum absolute atomic E-state index is 0.160. The minimum atomic E-state index is -4.46. The number of nitrogens with one attached hydrogen (secondary N) is 1. The van der Waals surface area contributed by atoms with Crippen LogP contribution in [0, 0.1) is 11.8 Å². The zero-order valence-corrected chi connectivity index (χ0v) is 13.9. The molecule has 5 nitrogen and oxygen atoms in total. The number of nitrogens with zero attached hydrogens (tertiary/aromatic N) is 1. The van der Waals surface area contributed by atoms with Crippen LogP contribution < -0.4 is 5.32 Å². The summed E-state index contributed by atoms with van der Waals surface area (Å²) in [6.45, 7) is 1.43. The van der Waals surface area contributed by atoms with Crippen molar-refractivity contribution < 1.29 is 27.6 Å². The maximum Gasteiger partial charge on any atom is 0.416 e. The first-order valence-electron chi connectivity index (χ1n) is 8.20. The van der Waals surface area contributed by atoms with Gasteiger partial charge in [0.1, 0.15) is 6.04 Å². The molecule has 1 aromatic rings. The number of alkyl halides is 3. The van der Waals surface area contributed by atoms with Crippen LogP contribution in [0.25, 0.3) is 0 Å². The highest BCUT2D eigenvalue weighted by Crippen LogP contribution is 2.36. The van der Waals surface area contributed by atoms with Crippen molar-refractivity contribution in [2.45, 2.75) is 32.0 Å². The summed E-state index contributed by atoms with van der Waals surface area (Å²) in [6, 6.07) is 2.93. The van der Waals surface area contributed by atoms with E-state index in [-0.39, 0.29) is 17.5 Å².